The van der Waals surface area contributed by atoms with Gasteiger partial charge in [-0.15, -0.1) is 0 Å². The van der Waals surface area contributed by atoms with E-state index >= 15 is 0 Å². The minimum Gasteiger partial charge on any atom is -0.472 e. The van der Waals surface area contributed by atoms with Crippen LogP contribution in [0.2, 0.25) is 0 Å². The standard InChI is InChI=1S/C15H20N2O4/c18-14(13-2-1-8-21-13)16-12-3-6-17(7-4-12)15(19)11-5-9-20-10-11/h5,9-10,12-13H,1-4,6-8H2,(H,16,18)/t13-/m1/s1. The molecule has 0 unspecified atom stereocenters. The molecular formula is C15H20N2O4. The van der Waals surface area contributed by atoms with Crippen LogP contribution in [0.15, 0.2) is 23.0 Å². The maximum absolute atomic E-state index is 12.2. The molecule has 114 valence electrons. The fraction of sp³-hybridized carbons (Fsp3) is 0.600. The summed E-state index contributed by atoms with van der Waals surface area (Å²) in [6.07, 6.45) is 6.01. The topological polar surface area (TPSA) is 71.8 Å². The van der Waals surface area contributed by atoms with Crippen molar-refractivity contribution >= 4 is 11.8 Å². The number of piperidine rings is 1. The third kappa shape index (κ3) is 3.26. The van der Waals surface area contributed by atoms with E-state index in [1.807, 2.05) is 0 Å². The molecule has 1 atom stereocenters. The Bertz CT molecular complexity index is 486. The molecule has 21 heavy (non-hydrogen) atoms. The number of furan rings is 1. The van der Waals surface area contributed by atoms with Crippen LogP contribution < -0.4 is 5.32 Å². The SMILES string of the molecule is O=C(NC1CCN(C(=O)c2ccoc2)CC1)[C@H]1CCCO1. The summed E-state index contributed by atoms with van der Waals surface area (Å²) in [7, 11) is 0. The van der Waals surface area contributed by atoms with Crippen molar-refractivity contribution in [2.24, 2.45) is 0 Å². The van der Waals surface area contributed by atoms with Crippen molar-refractivity contribution in [1.82, 2.24) is 10.2 Å². The van der Waals surface area contributed by atoms with E-state index in [0.717, 1.165) is 25.7 Å². The Hall–Kier alpha value is -1.82. The van der Waals surface area contributed by atoms with Crippen LogP contribution in [0, 0.1) is 0 Å². The summed E-state index contributed by atoms with van der Waals surface area (Å²) < 4.78 is 10.3. The van der Waals surface area contributed by atoms with Crippen LogP contribution in [0.3, 0.4) is 0 Å². The average molecular weight is 292 g/mol. The first-order valence-corrected chi connectivity index (χ1v) is 7.47. The Kier molecular flexibility index (Phi) is 4.24. The Morgan fingerprint density at radius 1 is 1.24 bits per heavy atom. The lowest BCUT2D eigenvalue weighted by Gasteiger charge is -2.32. The summed E-state index contributed by atoms with van der Waals surface area (Å²) in [5.74, 6) is -0.0141. The third-order valence-corrected chi connectivity index (χ3v) is 4.12. The first-order chi connectivity index (χ1) is 10.2. The normalized spacial score (nSPS) is 23.2. The number of carbonyl (C=O) groups is 2. The zero-order chi connectivity index (χ0) is 14.7. The van der Waals surface area contributed by atoms with Gasteiger partial charge in [-0.2, -0.15) is 0 Å². The third-order valence-electron chi connectivity index (χ3n) is 4.12. The molecule has 0 bridgehead atoms. The Morgan fingerprint density at radius 2 is 2.05 bits per heavy atom. The first-order valence-electron chi connectivity index (χ1n) is 7.47. The van der Waals surface area contributed by atoms with Gasteiger partial charge < -0.3 is 19.4 Å². The van der Waals surface area contributed by atoms with E-state index in [4.69, 9.17) is 9.15 Å². The second-order valence-corrected chi connectivity index (χ2v) is 5.59. The highest BCUT2D eigenvalue weighted by molar-refractivity contribution is 5.93. The Labute approximate surface area is 123 Å². The number of hydrogen-bond donors (Lipinski definition) is 1. The van der Waals surface area contributed by atoms with Crippen molar-refractivity contribution in [3.8, 4) is 0 Å². The van der Waals surface area contributed by atoms with Gasteiger partial charge in [0.2, 0.25) is 5.91 Å². The van der Waals surface area contributed by atoms with E-state index < -0.39 is 0 Å². The molecule has 2 amide bonds. The summed E-state index contributed by atoms with van der Waals surface area (Å²) in [5, 5.41) is 3.03. The van der Waals surface area contributed by atoms with Gasteiger partial charge in [-0.3, -0.25) is 9.59 Å². The molecule has 0 spiro atoms. The lowest BCUT2D eigenvalue weighted by molar-refractivity contribution is -0.131. The van der Waals surface area contributed by atoms with Gasteiger partial charge in [0.25, 0.3) is 5.91 Å². The molecule has 0 aromatic carbocycles. The molecule has 3 rings (SSSR count). The number of amides is 2. The fourth-order valence-corrected chi connectivity index (χ4v) is 2.87. The van der Waals surface area contributed by atoms with Gasteiger partial charge in [0, 0.05) is 25.7 Å². The minimum atomic E-state index is -0.282. The molecule has 1 aromatic rings. The van der Waals surface area contributed by atoms with Gasteiger partial charge in [0.1, 0.15) is 12.4 Å². The zero-order valence-corrected chi connectivity index (χ0v) is 11.9. The molecule has 2 saturated heterocycles. The van der Waals surface area contributed by atoms with Gasteiger partial charge in [-0.25, -0.2) is 0 Å². The quantitative estimate of drug-likeness (QED) is 0.908. The predicted molar refractivity (Wildman–Crippen MR) is 74.8 cm³/mol. The monoisotopic (exact) mass is 292 g/mol. The van der Waals surface area contributed by atoms with E-state index in [2.05, 4.69) is 5.32 Å². The van der Waals surface area contributed by atoms with Gasteiger partial charge in [-0.1, -0.05) is 0 Å². The lowest BCUT2D eigenvalue weighted by Crippen LogP contribution is -2.48. The number of rotatable bonds is 3. The number of ether oxygens (including phenoxy) is 1. The molecule has 6 heteroatoms. The van der Waals surface area contributed by atoms with E-state index in [1.54, 1.807) is 11.0 Å². The van der Waals surface area contributed by atoms with Crippen molar-refractivity contribution < 1.29 is 18.7 Å². The molecule has 2 aliphatic heterocycles. The fourth-order valence-electron chi connectivity index (χ4n) is 2.87. The average Bonchev–Trinajstić information content (AvgIpc) is 3.20. The summed E-state index contributed by atoms with van der Waals surface area (Å²) in [4.78, 5) is 25.9. The predicted octanol–water partition coefficient (Wildman–Crippen LogP) is 1.18. The molecular weight excluding hydrogens is 272 g/mol. The van der Waals surface area contributed by atoms with E-state index in [0.29, 0.717) is 25.3 Å². The van der Waals surface area contributed by atoms with Crippen molar-refractivity contribution in [3.05, 3.63) is 24.2 Å². The molecule has 1 aromatic heterocycles. The summed E-state index contributed by atoms with van der Waals surface area (Å²) in [5.41, 5.74) is 0.580. The second-order valence-electron chi connectivity index (χ2n) is 5.59. The number of hydrogen-bond acceptors (Lipinski definition) is 4. The highest BCUT2D eigenvalue weighted by Crippen LogP contribution is 2.16. The molecule has 0 aliphatic carbocycles. The Morgan fingerprint density at radius 3 is 2.67 bits per heavy atom. The van der Waals surface area contributed by atoms with Crippen LogP contribution in [0.5, 0.6) is 0 Å². The number of carbonyl (C=O) groups excluding carboxylic acids is 2. The molecule has 6 nitrogen and oxygen atoms in total. The summed E-state index contributed by atoms with van der Waals surface area (Å²) in [6.45, 7) is 1.98. The summed E-state index contributed by atoms with van der Waals surface area (Å²) >= 11 is 0. The maximum Gasteiger partial charge on any atom is 0.257 e. The van der Waals surface area contributed by atoms with Crippen LogP contribution in [-0.4, -0.2) is 48.6 Å². The van der Waals surface area contributed by atoms with Crippen molar-refractivity contribution in [2.75, 3.05) is 19.7 Å². The van der Waals surface area contributed by atoms with Crippen LogP contribution in [0.4, 0.5) is 0 Å². The Balaban J connectivity index is 1.46. The van der Waals surface area contributed by atoms with Gasteiger partial charge in [0.05, 0.1) is 11.8 Å². The largest absolute Gasteiger partial charge is 0.472 e. The minimum absolute atomic E-state index is 0.00680. The number of likely N-dealkylation sites (tertiary alicyclic amines) is 1. The molecule has 0 saturated carbocycles. The number of nitrogens with zero attached hydrogens (tertiary/aromatic N) is 1. The van der Waals surface area contributed by atoms with Crippen molar-refractivity contribution in [3.63, 3.8) is 0 Å². The molecule has 3 heterocycles. The van der Waals surface area contributed by atoms with Crippen LogP contribution in [-0.2, 0) is 9.53 Å². The maximum atomic E-state index is 12.2. The molecule has 0 radical (unpaired) electrons. The van der Waals surface area contributed by atoms with Crippen LogP contribution >= 0.6 is 0 Å². The van der Waals surface area contributed by atoms with Crippen LogP contribution in [0.25, 0.3) is 0 Å². The molecule has 2 aliphatic rings. The van der Waals surface area contributed by atoms with Gasteiger partial charge in [0.15, 0.2) is 0 Å². The smallest absolute Gasteiger partial charge is 0.257 e. The highest BCUT2D eigenvalue weighted by Gasteiger charge is 2.28. The van der Waals surface area contributed by atoms with Crippen molar-refractivity contribution in [2.45, 2.75) is 37.8 Å². The summed E-state index contributed by atoms with van der Waals surface area (Å²) in [6, 6.07) is 1.81. The van der Waals surface area contributed by atoms with E-state index in [1.165, 1.54) is 12.5 Å². The second kappa shape index (κ2) is 6.30. The zero-order valence-electron chi connectivity index (χ0n) is 11.9. The van der Waals surface area contributed by atoms with Gasteiger partial charge in [-0.05, 0) is 31.7 Å². The highest BCUT2D eigenvalue weighted by atomic mass is 16.5. The van der Waals surface area contributed by atoms with Crippen molar-refractivity contribution in [1.29, 1.82) is 0 Å². The lowest BCUT2D eigenvalue weighted by atomic mass is 10.0. The van der Waals surface area contributed by atoms with E-state index in [9.17, 15) is 9.59 Å². The van der Waals surface area contributed by atoms with Gasteiger partial charge >= 0.3 is 0 Å². The van der Waals surface area contributed by atoms with E-state index in [-0.39, 0.29) is 24.0 Å². The molecule has 1 N–H and O–H groups in total. The number of nitrogens with one attached hydrogen (secondary N) is 1. The first kappa shape index (κ1) is 14.1. The van der Waals surface area contributed by atoms with Crippen LogP contribution in [0.1, 0.15) is 36.0 Å². The molecule has 2 fully saturated rings.